The number of hydrogen-bond donors (Lipinski definition) is 0. The lowest BCUT2D eigenvalue weighted by Gasteiger charge is -2.26. The summed E-state index contributed by atoms with van der Waals surface area (Å²) in [6, 6.07) is 7.37. The van der Waals surface area contributed by atoms with Crippen molar-refractivity contribution in [1.29, 1.82) is 0 Å². The number of hydrogen-bond acceptors (Lipinski definition) is 3. The van der Waals surface area contributed by atoms with Gasteiger partial charge in [-0.25, -0.2) is 0 Å². The van der Waals surface area contributed by atoms with Crippen LogP contribution in [0, 0.1) is 11.8 Å². The molecule has 3 heteroatoms. The monoisotopic (exact) mass is 304 g/mol. The summed E-state index contributed by atoms with van der Waals surface area (Å²) in [4.78, 5) is 12.2. The molecule has 1 fully saturated rings. The van der Waals surface area contributed by atoms with Crippen LogP contribution in [0.25, 0.3) is 0 Å². The number of unbranched alkanes of at least 4 members (excludes halogenated alkanes) is 1. The van der Waals surface area contributed by atoms with Crippen LogP contribution in [0.2, 0.25) is 0 Å². The number of esters is 1. The van der Waals surface area contributed by atoms with Crippen LogP contribution in [0.15, 0.2) is 24.3 Å². The van der Waals surface area contributed by atoms with Crippen molar-refractivity contribution in [1.82, 2.24) is 0 Å². The van der Waals surface area contributed by atoms with E-state index in [4.69, 9.17) is 9.47 Å². The van der Waals surface area contributed by atoms with E-state index >= 15 is 0 Å². The summed E-state index contributed by atoms with van der Waals surface area (Å²) in [5, 5.41) is 0. The van der Waals surface area contributed by atoms with Crippen molar-refractivity contribution < 1.29 is 14.3 Å². The molecule has 0 heterocycles. The molecule has 0 amide bonds. The molecule has 1 aliphatic carbocycles. The fourth-order valence-electron chi connectivity index (χ4n) is 2.94. The van der Waals surface area contributed by atoms with E-state index in [0.29, 0.717) is 5.75 Å². The molecule has 0 radical (unpaired) electrons. The Labute approximate surface area is 134 Å². The highest BCUT2D eigenvalue weighted by atomic mass is 16.5. The molecule has 122 valence electrons. The number of ether oxygens (including phenoxy) is 2. The predicted molar refractivity (Wildman–Crippen MR) is 88.2 cm³/mol. The van der Waals surface area contributed by atoms with Crippen molar-refractivity contribution in [3.63, 3.8) is 0 Å². The quantitative estimate of drug-likeness (QED) is 0.404. The molecule has 3 nitrogen and oxygen atoms in total. The van der Waals surface area contributed by atoms with Gasteiger partial charge in [-0.05, 0) is 62.3 Å². The molecule has 0 bridgehead atoms. The number of carbonyl (C=O) groups is 1. The molecule has 1 aromatic rings. The largest absolute Gasteiger partial charge is 0.494 e. The van der Waals surface area contributed by atoms with E-state index in [9.17, 15) is 4.79 Å². The van der Waals surface area contributed by atoms with Crippen LogP contribution < -0.4 is 9.47 Å². The van der Waals surface area contributed by atoms with Gasteiger partial charge in [0.15, 0.2) is 0 Å². The van der Waals surface area contributed by atoms with E-state index in [2.05, 4.69) is 13.8 Å². The Morgan fingerprint density at radius 2 is 1.68 bits per heavy atom. The van der Waals surface area contributed by atoms with E-state index in [1.165, 1.54) is 6.42 Å². The van der Waals surface area contributed by atoms with E-state index in [1.807, 2.05) is 24.3 Å². The lowest BCUT2D eigenvalue weighted by molar-refractivity contribution is -0.140. The molecule has 0 N–H and O–H groups in total. The minimum Gasteiger partial charge on any atom is -0.494 e. The van der Waals surface area contributed by atoms with Crippen molar-refractivity contribution >= 4 is 5.97 Å². The minimum atomic E-state index is -0.0748. The molecule has 0 atom stereocenters. The van der Waals surface area contributed by atoms with Crippen molar-refractivity contribution in [3.05, 3.63) is 24.3 Å². The molecule has 22 heavy (non-hydrogen) atoms. The fourth-order valence-corrected chi connectivity index (χ4v) is 2.94. The highest BCUT2D eigenvalue weighted by Crippen LogP contribution is 2.31. The highest BCUT2D eigenvalue weighted by Gasteiger charge is 2.26. The first-order chi connectivity index (χ1) is 10.7. The summed E-state index contributed by atoms with van der Waals surface area (Å²) in [5.74, 6) is 2.24. The lowest BCUT2D eigenvalue weighted by atomic mass is 9.81. The molecule has 2 rings (SSSR count). The Hall–Kier alpha value is -1.51. The second-order valence-electron chi connectivity index (χ2n) is 6.22. The molecule has 0 aliphatic heterocycles. The predicted octanol–water partition coefficient (Wildman–Crippen LogP) is 4.99. The molecule has 1 aliphatic rings. The minimum absolute atomic E-state index is 0.0725. The SMILES string of the molecule is CCCCOc1ccc(OC(=O)C2CCC(CC)CC2)cc1. The third-order valence-corrected chi connectivity index (χ3v) is 4.57. The van der Waals surface area contributed by atoms with Gasteiger partial charge in [0.05, 0.1) is 12.5 Å². The van der Waals surface area contributed by atoms with Gasteiger partial charge < -0.3 is 9.47 Å². The summed E-state index contributed by atoms with van der Waals surface area (Å²) in [6.07, 6.45) is 7.64. The van der Waals surface area contributed by atoms with Crippen LogP contribution in [0.5, 0.6) is 11.5 Å². The Balaban J connectivity index is 1.79. The van der Waals surface area contributed by atoms with Gasteiger partial charge in [0, 0.05) is 0 Å². The van der Waals surface area contributed by atoms with E-state index in [0.717, 1.165) is 56.8 Å². The maximum absolute atomic E-state index is 12.2. The average Bonchev–Trinajstić information content (AvgIpc) is 2.57. The maximum Gasteiger partial charge on any atom is 0.314 e. The zero-order valence-corrected chi connectivity index (χ0v) is 13.8. The zero-order chi connectivity index (χ0) is 15.8. The third kappa shape index (κ3) is 5.04. The average molecular weight is 304 g/mol. The Bertz CT molecular complexity index is 444. The Kier molecular flexibility index (Phi) is 6.75. The first-order valence-electron chi connectivity index (χ1n) is 8.67. The summed E-state index contributed by atoms with van der Waals surface area (Å²) in [5.41, 5.74) is 0. The molecule has 0 unspecified atom stereocenters. The second-order valence-corrected chi connectivity index (χ2v) is 6.22. The van der Waals surface area contributed by atoms with Crippen molar-refractivity contribution in [2.24, 2.45) is 11.8 Å². The lowest BCUT2D eigenvalue weighted by Crippen LogP contribution is -2.25. The molecule has 1 saturated carbocycles. The molecule has 1 aromatic carbocycles. The normalized spacial score (nSPS) is 21.4. The van der Waals surface area contributed by atoms with Crippen LogP contribution >= 0.6 is 0 Å². The van der Waals surface area contributed by atoms with Gasteiger partial charge in [-0.3, -0.25) is 4.79 Å². The van der Waals surface area contributed by atoms with E-state index in [-0.39, 0.29) is 11.9 Å². The zero-order valence-electron chi connectivity index (χ0n) is 13.8. The Morgan fingerprint density at radius 1 is 1.05 bits per heavy atom. The van der Waals surface area contributed by atoms with Gasteiger partial charge in [0.1, 0.15) is 11.5 Å². The summed E-state index contributed by atoms with van der Waals surface area (Å²) < 4.78 is 11.1. The number of benzene rings is 1. The number of rotatable bonds is 7. The van der Waals surface area contributed by atoms with Crippen LogP contribution in [-0.4, -0.2) is 12.6 Å². The fraction of sp³-hybridized carbons (Fsp3) is 0.632. The van der Waals surface area contributed by atoms with Crippen LogP contribution in [0.3, 0.4) is 0 Å². The van der Waals surface area contributed by atoms with Gasteiger partial charge in [0.25, 0.3) is 0 Å². The van der Waals surface area contributed by atoms with Crippen molar-refractivity contribution in [2.75, 3.05) is 6.61 Å². The molecule has 0 aromatic heterocycles. The molecule has 0 saturated heterocycles. The van der Waals surface area contributed by atoms with Gasteiger partial charge in [-0.2, -0.15) is 0 Å². The molecular formula is C19H28O3. The highest BCUT2D eigenvalue weighted by molar-refractivity contribution is 5.75. The maximum atomic E-state index is 12.2. The standard InChI is InChI=1S/C19H28O3/c1-3-5-14-21-17-10-12-18(13-11-17)22-19(20)16-8-6-15(4-2)7-9-16/h10-13,15-16H,3-9,14H2,1-2H3. The molecule has 0 spiro atoms. The first kappa shape index (κ1) is 16.9. The van der Waals surface area contributed by atoms with Gasteiger partial charge in [-0.1, -0.05) is 26.7 Å². The smallest absolute Gasteiger partial charge is 0.314 e. The third-order valence-electron chi connectivity index (χ3n) is 4.57. The number of carbonyl (C=O) groups excluding carboxylic acids is 1. The Morgan fingerprint density at radius 3 is 2.27 bits per heavy atom. The van der Waals surface area contributed by atoms with E-state index in [1.54, 1.807) is 0 Å². The summed E-state index contributed by atoms with van der Waals surface area (Å²) >= 11 is 0. The summed E-state index contributed by atoms with van der Waals surface area (Å²) in [6.45, 7) is 5.10. The van der Waals surface area contributed by atoms with Crippen LogP contribution in [0.1, 0.15) is 58.8 Å². The van der Waals surface area contributed by atoms with Crippen molar-refractivity contribution in [2.45, 2.75) is 58.8 Å². The van der Waals surface area contributed by atoms with Crippen LogP contribution in [0.4, 0.5) is 0 Å². The van der Waals surface area contributed by atoms with Gasteiger partial charge >= 0.3 is 5.97 Å². The molecular weight excluding hydrogens is 276 g/mol. The van der Waals surface area contributed by atoms with Gasteiger partial charge in [0.2, 0.25) is 0 Å². The van der Waals surface area contributed by atoms with Crippen LogP contribution in [-0.2, 0) is 4.79 Å². The first-order valence-corrected chi connectivity index (χ1v) is 8.67. The van der Waals surface area contributed by atoms with E-state index < -0.39 is 0 Å². The van der Waals surface area contributed by atoms with Crippen molar-refractivity contribution in [3.8, 4) is 11.5 Å². The second kappa shape index (κ2) is 8.82. The topological polar surface area (TPSA) is 35.5 Å². The summed E-state index contributed by atoms with van der Waals surface area (Å²) in [7, 11) is 0. The van der Waals surface area contributed by atoms with Gasteiger partial charge in [-0.15, -0.1) is 0 Å².